The van der Waals surface area contributed by atoms with Crippen LogP contribution in [0.15, 0.2) is 0 Å². The van der Waals surface area contributed by atoms with E-state index in [-0.39, 0.29) is 24.2 Å². The zero-order valence-corrected chi connectivity index (χ0v) is 19.6. The number of quaternary nitrogens is 2. The lowest BCUT2D eigenvalue weighted by Crippen LogP contribution is -3.16. The van der Waals surface area contributed by atoms with Crippen LogP contribution in [0.5, 0.6) is 0 Å². The van der Waals surface area contributed by atoms with E-state index >= 15 is 0 Å². The number of hydrogen-bond acceptors (Lipinski definition) is 6. The second-order valence-corrected chi connectivity index (χ2v) is 10.9. The Bertz CT molecular complexity index is 623. The Hall–Kier alpha value is -0.810. The fourth-order valence-corrected chi connectivity index (χ4v) is 6.98. The summed E-state index contributed by atoms with van der Waals surface area (Å²) >= 11 is 0. The number of primary amides is 1. The molecule has 32 heavy (non-hydrogen) atoms. The lowest BCUT2D eigenvalue weighted by molar-refractivity contribution is -0.919. The predicted octanol–water partition coefficient (Wildman–Crippen LogP) is -2.69. The summed E-state index contributed by atoms with van der Waals surface area (Å²) in [6.45, 7) is 8.11. The van der Waals surface area contributed by atoms with Crippen molar-refractivity contribution in [2.45, 2.75) is 76.0 Å². The SMILES string of the molecule is NC(=O)C1CCN(C2CC(C3NOC([C@@H]4CCC[NH+]4CC4CCNCC4)N3)CC[NH2+]2)CC1. The first kappa shape index (κ1) is 23.0. The normalized spacial score (nSPS) is 40.6. The lowest BCUT2D eigenvalue weighted by atomic mass is 9.90. The smallest absolute Gasteiger partial charge is 0.220 e. The van der Waals surface area contributed by atoms with E-state index in [0.29, 0.717) is 18.1 Å². The highest BCUT2D eigenvalue weighted by atomic mass is 16.7. The van der Waals surface area contributed by atoms with Crippen LogP contribution in [0.2, 0.25) is 0 Å². The van der Waals surface area contributed by atoms with E-state index in [2.05, 4.69) is 26.3 Å². The molecule has 0 aromatic heterocycles. The molecule has 0 spiro atoms. The maximum absolute atomic E-state index is 11.5. The van der Waals surface area contributed by atoms with Crippen LogP contribution in [-0.2, 0) is 9.63 Å². The second-order valence-electron chi connectivity index (χ2n) is 10.9. The largest absolute Gasteiger partial charge is 0.369 e. The van der Waals surface area contributed by atoms with Gasteiger partial charge in [-0.25, -0.2) is 0 Å². The molecule has 0 bridgehead atoms. The number of carbonyl (C=O) groups excluding carboxylic acids is 1. The van der Waals surface area contributed by atoms with Crippen molar-refractivity contribution in [3.8, 4) is 0 Å². The molecular weight excluding hydrogens is 406 g/mol. The van der Waals surface area contributed by atoms with Gasteiger partial charge < -0.3 is 21.3 Å². The molecule has 5 rings (SSSR count). The standard InChI is InChI=1S/C23H43N7O2/c24-21(31)17-6-12-29(13-7-17)20-14-18(5-10-26-20)22-27-23(32-28-22)19-2-1-11-30(19)15-16-3-8-25-9-4-16/h16-20,22-23,25-28H,1-15H2,(H2,24,31)/p+2/t18?,19-,20?,22?,23?/m0/s1. The summed E-state index contributed by atoms with van der Waals surface area (Å²) in [5, 5.41) is 9.85. The van der Waals surface area contributed by atoms with Crippen LogP contribution in [0.25, 0.3) is 0 Å². The molecule has 0 aromatic rings. The van der Waals surface area contributed by atoms with Crippen molar-refractivity contribution in [1.29, 1.82) is 0 Å². The number of hydroxylamine groups is 1. The molecule has 6 atom stereocenters. The first-order valence-electron chi connectivity index (χ1n) is 13.3. The maximum Gasteiger partial charge on any atom is 0.220 e. The Morgan fingerprint density at radius 3 is 2.72 bits per heavy atom. The lowest BCUT2D eigenvalue weighted by Gasteiger charge is -2.39. The van der Waals surface area contributed by atoms with Gasteiger partial charge in [0.05, 0.1) is 25.8 Å². The van der Waals surface area contributed by atoms with E-state index in [1.807, 2.05) is 0 Å². The zero-order chi connectivity index (χ0) is 21.9. The summed E-state index contributed by atoms with van der Waals surface area (Å²) < 4.78 is 0. The van der Waals surface area contributed by atoms with Crippen molar-refractivity contribution in [1.82, 2.24) is 21.0 Å². The third kappa shape index (κ3) is 5.29. The molecule has 5 aliphatic rings. The van der Waals surface area contributed by atoms with E-state index in [4.69, 9.17) is 10.6 Å². The van der Waals surface area contributed by atoms with E-state index in [1.165, 1.54) is 58.3 Å². The number of rotatable bonds is 6. The van der Waals surface area contributed by atoms with Crippen molar-refractivity contribution < 1.29 is 19.8 Å². The van der Waals surface area contributed by atoms with Gasteiger partial charge in [0.1, 0.15) is 12.2 Å². The van der Waals surface area contributed by atoms with Gasteiger partial charge in [-0.2, -0.15) is 5.48 Å². The predicted molar refractivity (Wildman–Crippen MR) is 121 cm³/mol. The zero-order valence-electron chi connectivity index (χ0n) is 19.6. The highest BCUT2D eigenvalue weighted by molar-refractivity contribution is 5.76. The summed E-state index contributed by atoms with van der Waals surface area (Å²) in [7, 11) is 0. The van der Waals surface area contributed by atoms with Gasteiger partial charge in [-0.1, -0.05) is 0 Å². The number of carbonyl (C=O) groups is 1. The monoisotopic (exact) mass is 451 g/mol. The van der Waals surface area contributed by atoms with Gasteiger partial charge in [0.2, 0.25) is 5.91 Å². The Balaban J connectivity index is 1.11. The molecule has 5 saturated heterocycles. The molecule has 182 valence electrons. The molecule has 0 radical (unpaired) electrons. The second kappa shape index (κ2) is 10.6. The minimum absolute atomic E-state index is 0.0692. The third-order valence-corrected chi connectivity index (χ3v) is 8.97. The van der Waals surface area contributed by atoms with E-state index in [1.54, 1.807) is 4.90 Å². The van der Waals surface area contributed by atoms with Crippen LogP contribution in [0.1, 0.15) is 51.4 Å². The van der Waals surface area contributed by atoms with Gasteiger partial charge in [-0.05, 0) is 38.8 Å². The fraction of sp³-hybridized carbons (Fsp3) is 0.957. The summed E-state index contributed by atoms with van der Waals surface area (Å²) in [5.41, 5.74) is 8.92. The number of piperidine rings is 3. The molecule has 0 saturated carbocycles. The van der Waals surface area contributed by atoms with Crippen LogP contribution < -0.4 is 32.1 Å². The molecule has 9 heteroatoms. The Morgan fingerprint density at radius 2 is 1.94 bits per heavy atom. The number of hydrogen-bond donors (Lipinski definition) is 6. The van der Waals surface area contributed by atoms with Gasteiger partial charge in [0.25, 0.3) is 0 Å². The fourth-order valence-electron chi connectivity index (χ4n) is 6.98. The topological polar surface area (TPSA) is 113 Å². The van der Waals surface area contributed by atoms with Crippen molar-refractivity contribution in [3.05, 3.63) is 0 Å². The molecule has 1 amide bonds. The van der Waals surface area contributed by atoms with Gasteiger partial charge in [-0.3, -0.25) is 19.8 Å². The van der Waals surface area contributed by atoms with Crippen LogP contribution in [0.3, 0.4) is 0 Å². The Labute approximate surface area is 192 Å². The van der Waals surface area contributed by atoms with Gasteiger partial charge in [0, 0.05) is 56.5 Å². The highest BCUT2D eigenvalue weighted by Gasteiger charge is 2.45. The molecule has 5 heterocycles. The van der Waals surface area contributed by atoms with Gasteiger partial charge in [0.15, 0.2) is 6.23 Å². The molecule has 5 unspecified atom stereocenters. The molecule has 0 aromatic carbocycles. The van der Waals surface area contributed by atoms with Gasteiger partial charge in [-0.15, -0.1) is 0 Å². The third-order valence-electron chi connectivity index (χ3n) is 8.97. The molecule has 9 nitrogen and oxygen atoms in total. The Kier molecular flexibility index (Phi) is 7.63. The quantitative estimate of drug-likeness (QED) is 0.262. The average Bonchev–Trinajstić information content (AvgIpc) is 3.49. The number of nitrogens with one attached hydrogen (secondary N) is 4. The highest BCUT2D eigenvalue weighted by Crippen LogP contribution is 2.25. The van der Waals surface area contributed by atoms with Crippen LogP contribution in [0, 0.1) is 17.8 Å². The van der Waals surface area contributed by atoms with E-state index in [9.17, 15) is 4.79 Å². The molecule has 0 aliphatic carbocycles. The summed E-state index contributed by atoms with van der Waals surface area (Å²) in [5.74, 6) is 1.39. The number of nitrogens with zero attached hydrogens (tertiary/aromatic N) is 1. The first-order valence-corrected chi connectivity index (χ1v) is 13.3. The summed E-state index contributed by atoms with van der Waals surface area (Å²) in [4.78, 5) is 22.0. The van der Waals surface area contributed by atoms with Crippen molar-refractivity contribution in [3.63, 3.8) is 0 Å². The average molecular weight is 452 g/mol. The molecule has 8 N–H and O–H groups in total. The maximum atomic E-state index is 11.5. The molecular formula is C23H45N7O2+2. The van der Waals surface area contributed by atoms with Crippen molar-refractivity contribution in [2.24, 2.45) is 23.5 Å². The molecule has 5 fully saturated rings. The number of likely N-dealkylation sites (tertiary alicyclic amines) is 2. The van der Waals surface area contributed by atoms with Crippen LogP contribution in [0.4, 0.5) is 0 Å². The molecule has 5 aliphatic heterocycles. The Morgan fingerprint density at radius 1 is 1.12 bits per heavy atom. The van der Waals surface area contributed by atoms with E-state index < -0.39 is 0 Å². The minimum atomic E-state index is -0.124. The van der Waals surface area contributed by atoms with E-state index in [0.717, 1.165) is 44.8 Å². The summed E-state index contributed by atoms with van der Waals surface area (Å²) in [6, 6.07) is 0.571. The first-order chi connectivity index (χ1) is 15.7. The number of amides is 1. The van der Waals surface area contributed by atoms with Crippen molar-refractivity contribution in [2.75, 3.05) is 45.8 Å². The van der Waals surface area contributed by atoms with Crippen LogP contribution in [-0.4, -0.2) is 81.2 Å². The summed E-state index contributed by atoms with van der Waals surface area (Å²) in [6.07, 6.45) is 10.3. The van der Waals surface area contributed by atoms with Crippen molar-refractivity contribution >= 4 is 5.91 Å². The number of nitrogens with two attached hydrogens (primary N) is 2. The van der Waals surface area contributed by atoms with Gasteiger partial charge >= 0.3 is 0 Å². The minimum Gasteiger partial charge on any atom is -0.369 e. The van der Waals surface area contributed by atoms with Crippen LogP contribution >= 0.6 is 0 Å².